The van der Waals surface area contributed by atoms with Crippen molar-refractivity contribution in [3.8, 4) is 0 Å². The second-order valence-electron chi connectivity index (χ2n) is 3.37. The van der Waals surface area contributed by atoms with E-state index in [1.54, 1.807) is 7.05 Å². The van der Waals surface area contributed by atoms with Gasteiger partial charge in [-0.3, -0.25) is 10.1 Å². The Morgan fingerprint density at radius 1 is 1.44 bits per heavy atom. The molecule has 2 unspecified atom stereocenters. The predicted molar refractivity (Wildman–Crippen MR) is 58.0 cm³/mol. The Labute approximate surface area is 92.7 Å². The normalized spacial score (nSPS) is 14.4. The number of aliphatic hydroxyl groups excluding tert-OH is 2. The lowest BCUT2D eigenvalue weighted by atomic mass is 10.0. The van der Waals surface area contributed by atoms with Crippen LogP contribution in [-0.2, 0) is 0 Å². The quantitative estimate of drug-likeness (QED) is 0.492. The minimum absolute atomic E-state index is 0.0269. The molecule has 0 aromatic heterocycles. The molecule has 3 N–H and O–H groups in total. The first-order valence-corrected chi connectivity index (χ1v) is 4.80. The first-order chi connectivity index (χ1) is 7.60. The van der Waals surface area contributed by atoms with Crippen molar-refractivity contribution < 1.29 is 15.1 Å². The summed E-state index contributed by atoms with van der Waals surface area (Å²) < 4.78 is 0. The average molecular weight is 226 g/mol. The van der Waals surface area contributed by atoms with Gasteiger partial charge < -0.3 is 15.5 Å². The molecule has 1 rings (SSSR count). The van der Waals surface area contributed by atoms with E-state index in [2.05, 4.69) is 5.32 Å². The fourth-order valence-corrected chi connectivity index (χ4v) is 1.37. The fourth-order valence-electron chi connectivity index (χ4n) is 1.37. The van der Waals surface area contributed by atoms with E-state index >= 15 is 0 Å². The molecule has 88 valence electrons. The standard InChI is InChI=1S/C10H14N2O4/c1-11-9(6-13)10(14)7-2-4-8(5-3-7)12(15)16/h2-5,9-11,13-14H,6H2,1H3. The lowest BCUT2D eigenvalue weighted by Crippen LogP contribution is -2.35. The van der Waals surface area contributed by atoms with Crippen molar-refractivity contribution in [1.29, 1.82) is 0 Å². The molecule has 0 heterocycles. The first kappa shape index (κ1) is 12.6. The van der Waals surface area contributed by atoms with Gasteiger partial charge in [0.25, 0.3) is 5.69 Å². The molecule has 0 spiro atoms. The van der Waals surface area contributed by atoms with Crippen molar-refractivity contribution in [2.75, 3.05) is 13.7 Å². The second-order valence-corrected chi connectivity index (χ2v) is 3.37. The molecule has 0 saturated heterocycles. The highest BCUT2D eigenvalue weighted by atomic mass is 16.6. The Morgan fingerprint density at radius 2 is 2.00 bits per heavy atom. The summed E-state index contributed by atoms with van der Waals surface area (Å²) in [6, 6.07) is 5.11. The third kappa shape index (κ3) is 2.75. The van der Waals surface area contributed by atoms with Crippen molar-refractivity contribution in [3.05, 3.63) is 39.9 Å². The Balaban J connectivity index is 2.84. The monoisotopic (exact) mass is 226 g/mol. The number of nitrogens with one attached hydrogen (secondary N) is 1. The van der Waals surface area contributed by atoms with Gasteiger partial charge in [0.15, 0.2) is 0 Å². The molecule has 0 fully saturated rings. The molecule has 16 heavy (non-hydrogen) atoms. The molecule has 6 heteroatoms. The third-order valence-electron chi connectivity index (χ3n) is 2.39. The van der Waals surface area contributed by atoms with Crippen LogP contribution in [0.15, 0.2) is 24.3 Å². The van der Waals surface area contributed by atoms with Crippen LogP contribution < -0.4 is 5.32 Å². The van der Waals surface area contributed by atoms with Crippen molar-refractivity contribution >= 4 is 5.69 Å². The number of hydrogen-bond acceptors (Lipinski definition) is 5. The topological polar surface area (TPSA) is 95.6 Å². The second kappa shape index (κ2) is 5.55. The SMILES string of the molecule is CNC(CO)C(O)c1ccc([N+](=O)[O-])cc1. The zero-order valence-electron chi connectivity index (χ0n) is 8.83. The van der Waals surface area contributed by atoms with Gasteiger partial charge in [-0.2, -0.15) is 0 Å². The number of nitro groups is 1. The average Bonchev–Trinajstić information content (AvgIpc) is 2.30. The number of nitro benzene ring substituents is 1. The zero-order chi connectivity index (χ0) is 12.1. The van der Waals surface area contributed by atoms with Crippen LogP contribution in [0.25, 0.3) is 0 Å². The number of aliphatic hydroxyl groups is 2. The van der Waals surface area contributed by atoms with Gasteiger partial charge in [-0.05, 0) is 24.7 Å². The molecule has 2 atom stereocenters. The Kier molecular flexibility index (Phi) is 4.36. The van der Waals surface area contributed by atoms with Crippen molar-refractivity contribution in [2.45, 2.75) is 12.1 Å². The van der Waals surface area contributed by atoms with Crippen molar-refractivity contribution in [2.24, 2.45) is 0 Å². The summed E-state index contributed by atoms with van der Waals surface area (Å²) in [7, 11) is 1.62. The lowest BCUT2D eigenvalue weighted by molar-refractivity contribution is -0.384. The van der Waals surface area contributed by atoms with E-state index in [4.69, 9.17) is 5.11 Å². The maximum atomic E-state index is 10.4. The first-order valence-electron chi connectivity index (χ1n) is 4.80. The molecule has 1 aromatic rings. The molecule has 0 aliphatic heterocycles. The van der Waals surface area contributed by atoms with E-state index in [0.717, 1.165) is 0 Å². The highest BCUT2D eigenvalue weighted by Crippen LogP contribution is 2.19. The summed E-state index contributed by atoms with van der Waals surface area (Å²) >= 11 is 0. The summed E-state index contributed by atoms with van der Waals surface area (Å²) in [4.78, 5) is 9.92. The zero-order valence-corrected chi connectivity index (χ0v) is 8.83. The molecule has 0 saturated carbocycles. The van der Waals surface area contributed by atoms with E-state index in [1.165, 1.54) is 24.3 Å². The summed E-state index contributed by atoms with van der Waals surface area (Å²) in [5.74, 6) is 0. The molecule has 0 radical (unpaired) electrons. The van der Waals surface area contributed by atoms with Gasteiger partial charge in [0.1, 0.15) is 0 Å². The van der Waals surface area contributed by atoms with Crippen LogP contribution in [0.3, 0.4) is 0 Å². The van der Waals surface area contributed by atoms with Gasteiger partial charge >= 0.3 is 0 Å². The fraction of sp³-hybridized carbons (Fsp3) is 0.400. The maximum absolute atomic E-state index is 10.4. The Morgan fingerprint density at radius 3 is 2.38 bits per heavy atom. The highest BCUT2D eigenvalue weighted by molar-refractivity contribution is 5.34. The molecular weight excluding hydrogens is 212 g/mol. The van der Waals surface area contributed by atoms with Crippen LogP contribution in [0.5, 0.6) is 0 Å². The minimum atomic E-state index is -0.893. The summed E-state index contributed by atoms with van der Waals surface area (Å²) in [5.41, 5.74) is 0.500. The van der Waals surface area contributed by atoms with Crippen LogP contribution in [0.2, 0.25) is 0 Å². The largest absolute Gasteiger partial charge is 0.395 e. The summed E-state index contributed by atoms with van der Waals surface area (Å²) in [5, 5.41) is 32.0. The number of rotatable bonds is 5. The number of hydrogen-bond donors (Lipinski definition) is 3. The Bertz CT molecular complexity index is 348. The van der Waals surface area contributed by atoms with E-state index in [-0.39, 0.29) is 12.3 Å². The molecular formula is C10H14N2O4. The molecule has 6 nitrogen and oxygen atoms in total. The molecule has 0 amide bonds. The number of non-ortho nitro benzene ring substituents is 1. The molecule has 0 aliphatic rings. The van der Waals surface area contributed by atoms with Crippen LogP contribution in [-0.4, -0.2) is 34.8 Å². The van der Waals surface area contributed by atoms with Crippen LogP contribution in [0, 0.1) is 10.1 Å². The molecule has 0 aliphatic carbocycles. The smallest absolute Gasteiger partial charge is 0.269 e. The number of likely N-dealkylation sites (N-methyl/N-ethyl adjacent to an activating group) is 1. The maximum Gasteiger partial charge on any atom is 0.269 e. The van der Waals surface area contributed by atoms with Gasteiger partial charge in [-0.15, -0.1) is 0 Å². The van der Waals surface area contributed by atoms with Crippen LogP contribution >= 0.6 is 0 Å². The van der Waals surface area contributed by atoms with E-state index < -0.39 is 17.1 Å². The predicted octanol–water partition coefficient (Wildman–Crippen LogP) is 0.209. The van der Waals surface area contributed by atoms with Gasteiger partial charge in [0.2, 0.25) is 0 Å². The third-order valence-corrected chi connectivity index (χ3v) is 2.39. The Hall–Kier alpha value is -1.50. The number of nitrogens with zero attached hydrogens (tertiary/aromatic N) is 1. The van der Waals surface area contributed by atoms with Gasteiger partial charge in [-0.25, -0.2) is 0 Å². The van der Waals surface area contributed by atoms with E-state index in [0.29, 0.717) is 5.56 Å². The van der Waals surface area contributed by atoms with Crippen molar-refractivity contribution in [1.82, 2.24) is 5.32 Å². The number of benzene rings is 1. The van der Waals surface area contributed by atoms with E-state index in [1.807, 2.05) is 0 Å². The van der Waals surface area contributed by atoms with Crippen LogP contribution in [0.4, 0.5) is 5.69 Å². The minimum Gasteiger partial charge on any atom is -0.395 e. The van der Waals surface area contributed by atoms with E-state index in [9.17, 15) is 15.2 Å². The van der Waals surface area contributed by atoms with Gasteiger partial charge in [0, 0.05) is 12.1 Å². The summed E-state index contributed by atoms with van der Waals surface area (Å²) in [6.45, 7) is -0.214. The van der Waals surface area contributed by atoms with Gasteiger partial charge in [-0.1, -0.05) is 0 Å². The lowest BCUT2D eigenvalue weighted by Gasteiger charge is -2.20. The summed E-state index contributed by atoms with van der Waals surface area (Å²) in [6.07, 6.45) is -0.893. The molecule has 0 bridgehead atoms. The van der Waals surface area contributed by atoms with Gasteiger partial charge in [0.05, 0.1) is 23.7 Å². The van der Waals surface area contributed by atoms with Crippen molar-refractivity contribution in [3.63, 3.8) is 0 Å². The molecule has 1 aromatic carbocycles. The highest BCUT2D eigenvalue weighted by Gasteiger charge is 2.18. The van der Waals surface area contributed by atoms with Crippen LogP contribution in [0.1, 0.15) is 11.7 Å².